The van der Waals surface area contributed by atoms with Crippen molar-refractivity contribution < 1.29 is 0 Å². The highest BCUT2D eigenvalue weighted by molar-refractivity contribution is 7.25. The molecule has 0 radical (unpaired) electrons. The van der Waals surface area contributed by atoms with E-state index in [1.165, 1.54) is 53.2 Å². The molecule has 0 aliphatic heterocycles. The average Bonchev–Trinajstić information content (AvgIpc) is 3.03. The number of thiophene rings is 1. The second-order valence-electron chi connectivity index (χ2n) is 7.35. The molecule has 5 rings (SSSR count). The zero-order valence-corrected chi connectivity index (χ0v) is 17.2. The van der Waals surface area contributed by atoms with Crippen LogP contribution in [-0.2, 0) is 0 Å². The zero-order chi connectivity index (χ0) is 19.0. The first-order chi connectivity index (χ1) is 13.0. The molecule has 0 saturated heterocycles. The second-order valence-corrected chi connectivity index (χ2v) is 8.43. The summed E-state index contributed by atoms with van der Waals surface area (Å²) in [4.78, 5) is 0. The van der Waals surface area contributed by atoms with Gasteiger partial charge in [0.15, 0.2) is 0 Å². The molecule has 0 atom stereocenters. The van der Waals surface area contributed by atoms with Gasteiger partial charge in [-0.05, 0) is 73.9 Å². The first-order valence-electron chi connectivity index (χ1n) is 9.37. The Morgan fingerprint density at radius 2 is 0.926 bits per heavy atom. The van der Waals surface area contributed by atoms with Crippen molar-refractivity contribution in [2.75, 3.05) is 0 Å². The summed E-state index contributed by atoms with van der Waals surface area (Å²) in [6, 6.07) is 26.3. The Balaban J connectivity index is 0.000000137. The fraction of sp³-hybridized carbons (Fsp3) is 0.154. The van der Waals surface area contributed by atoms with E-state index < -0.39 is 0 Å². The Morgan fingerprint density at radius 3 is 1.37 bits per heavy atom. The Morgan fingerprint density at radius 1 is 0.481 bits per heavy atom. The van der Waals surface area contributed by atoms with Gasteiger partial charge in [0.25, 0.3) is 0 Å². The van der Waals surface area contributed by atoms with Crippen LogP contribution in [0.5, 0.6) is 0 Å². The van der Waals surface area contributed by atoms with Gasteiger partial charge in [0.1, 0.15) is 0 Å². The van der Waals surface area contributed by atoms with E-state index in [4.69, 9.17) is 0 Å². The third-order valence-electron chi connectivity index (χ3n) is 5.14. The maximum atomic E-state index is 2.29. The average molecular weight is 369 g/mol. The lowest BCUT2D eigenvalue weighted by atomic mass is 10.0. The number of hydrogen-bond donors (Lipinski definition) is 0. The summed E-state index contributed by atoms with van der Waals surface area (Å²) >= 11 is 1.88. The van der Waals surface area contributed by atoms with Gasteiger partial charge in [-0.25, -0.2) is 0 Å². The van der Waals surface area contributed by atoms with E-state index in [1.54, 1.807) is 0 Å². The predicted molar refractivity (Wildman–Crippen MR) is 122 cm³/mol. The van der Waals surface area contributed by atoms with Gasteiger partial charge in [0, 0.05) is 20.2 Å². The van der Waals surface area contributed by atoms with Gasteiger partial charge in [0.05, 0.1) is 0 Å². The third kappa shape index (κ3) is 3.48. The molecule has 0 unspecified atom stereocenters. The molecule has 1 aromatic heterocycles. The molecule has 1 heterocycles. The van der Waals surface area contributed by atoms with Crippen molar-refractivity contribution in [1.29, 1.82) is 0 Å². The number of rotatable bonds is 0. The lowest BCUT2D eigenvalue weighted by molar-refractivity contribution is 1.46. The first-order valence-corrected chi connectivity index (χ1v) is 10.2. The highest BCUT2D eigenvalue weighted by Gasteiger charge is 2.04. The molecule has 5 aromatic rings. The van der Waals surface area contributed by atoms with E-state index in [2.05, 4.69) is 100 Å². The van der Waals surface area contributed by atoms with Crippen LogP contribution >= 0.6 is 11.3 Å². The van der Waals surface area contributed by atoms with Gasteiger partial charge in [0.2, 0.25) is 0 Å². The van der Waals surface area contributed by atoms with Gasteiger partial charge < -0.3 is 0 Å². The van der Waals surface area contributed by atoms with Gasteiger partial charge in [-0.3, -0.25) is 0 Å². The fourth-order valence-corrected chi connectivity index (χ4v) is 4.67. The molecule has 0 bridgehead atoms. The third-order valence-corrected chi connectivity index (χ3v) is 6.29. The van der Waals surface area contributed by atoms with Crippen LogP contribution in [0.4, 0.5) is 0 Å². The number of benzene rings is 4. The van der Waals surface area contributed by atoms with Crippen molar-refractivity contribution in [2.24, 2.45) is 0 Å². The molecule has 0 amide bonds. The topological polar surface area (TPSA) is 0 Å². The van der Waals surface area contributed by atoms with E-state index >= 15 is 0 Å². The lowest BCUT2D eigenvalue weighted by Gasteiger charge is -2.03. The van der Waals surface area contributed by atoms with Crippen LogP contribution in [0.2, 0.25) is 0 Å². The fourth-order valence-electron chi connectivity index (χ4n) is 3.61. The summed E-state index contributed by atoms with van der Waals surface area (Å²) in [5.74, 6) is 0. The second kappa shape index (κ2) is 7.17. The summed E-state index contributed by atoms with van der Waals surface area (Å²) in [6.45, 7) is 8.61. The maximum Gasteiger partial charge on any atom is 0.0355 e. The molecule has 134 valence electrons. The summed E-state index contributed by atoms with van der Waals surface area (Å²) in [5.41, 5.74) is 5.39. The molecule has 0 aliphatic carbocycles. The van der Waals surface area contributed by atoms with Crippen LogP contribution in [0.25, 0.3) is 30.9 Å². The van der Waals surface area contributed by atoms with Crippen LogP contribution in [0.15, 0.2) is 72.8 Å². The molecular formula is C26H24S. The minimum absolute atomic E-state index is 1.34. The lowest BCUT2D eigenvalue weighted by Crippen LogP contribution is -1.80. The van der Waals surface area contributed by atoms with Crippen LogP contribution in [0.1, 0.15) is 22.3 Å². The Hall–Kier alpha value is -2.64. The standard InChI is InChI=1S/C14H12S.C12H12/c1-9-3-5-13-11(7-9)12-8-10(2)4-6-14(12)15-13;1-9-7-8-10(2)12-6-4-3-5-11(9)12/h3-8H,1-2H3;3-8H,1-2H3. The van der Waals surface area contributed by atoms with E-state index in [9.17, 15) is 0 Å². The summed E-state index contributed by atoms with van der Waals surface area (Å²) in [6.07, 6.45) is 0. The van der Waals surface area contributed by atoms with Crippen LogP contribution < -0.4 is 0 Å². The molecule has 4 aromatic carbocycles. The Bertz CT molecular complexity index is 1160. The molecule has 0 saturated carbocycles. The molecule has 0 N–H and O–H groups in total. The van der Waals surface area contributed by atoms with Crippen molar-refractivity contribution in [3.8, 4) is 0 Å². The van der Waals surface area contributed by atoms with Crippen molar-refractivity contribution in [2.45, 2.75) is 27.7 Å². The molecule has 0 spiro atoms. The van der Waals surface area contributed by atoms with E-state index in [1.807, 2.05) is 11.3 Å². The smallest absolute Gasteiger partial charge is 0.0355 e. The van der Waals surface area contributed by atoms with Gasteiger partial charge in [-0.2, -0.15) is 0 Å². The Labute approximate surface area is 165 Å². The Kier molecular flexibility index (Phi) is 4.72. The summed E-state index contributed by atoms with van der Waals surface area (Å²) in [7, 11) is 0. The number of hydrogen-bond acceptors (Lipinski definition) is 1. The van der Waals surface area contributed by atoms with Crippen LogP contribution in [0.3, 0.4) is 0 Å². The van der Waals surface area contributed by atoms with Crippen LogP contribution in [-0.4, -0.2) is 0 Å². The quantitative estimate of drug-likeness (QED) is 0.259. The number of aryl methyl sites for hydroxylation is 4. The molecule has 27 heavy (non-hydrogen) atoms. The largest absolute Gasteiger partial charge is 0.135 e. The molecular weight excluding hydrogens is 344 g/mol. The van der Waals surface area contributed by atoms with Crippen molar-refractivity contribution in [1.82, 2.24) is 0 Å². The highest BCUT2D eigenvalue weighted by Crippen LogP contribution is 2.34. The van der Waals surface area contributed by atoms with E-state index in [0.29, 0.717) is 0 Å². The maximum absolute atomic E-state index is 2.29. The van der Waals surface area contributed by atoms with Crippen molar-refractivity contribution >= 4 is 42.3 Å². The molecule has 0 fully saturated rings. The van der Waals surface area contributed by atoms with Gasteiger partial charge >= 0.3 is 0 Å². The zero-order valence-electron chi connectivity index (χ0n) is 16.3. The van der Waals surface area contributed by atoms with E-state index in [0.717, 1.165) is 0 Å². The molecule has 1 heteroatoms. The van der Waals surface area contributed by atoms with Crippen molar-refractivity contribution in [3.05, 3.63) is 95.1 Å². The minimum atomic E-state index is 1.34. The number of fused-ring (bicyclic) bond motifs is 4. The predicted octanol–water partition coefficient (Wildman–Crippen LogP) is 8.13. The summed E-state index contributed by atoms with van der Waals surface area (Å²) < 4.78 is 2.78. The van der Waals surface area contributed by atoms with Crippen molar-refractivity contribution in [3.63, 3.8) is 0 Å². The minimum Gasteiger partial charge on any atom is -0.135 e. The highest BCUT2D eigenvalue weighted by atomic mass is 32.1. The molecule has 0 nitrogen and oxygen atoms in total. The van der Waals surface area contributed by atoms with Gasteiger partial charge in [-0.1, -0.05) is 59.7 Å². The SMILES string of the molecule is Cc1ccc(C)c2ccccc12.Cc1ccc2sc3ccc(C)cc3c2c1. The van der Waals surface area contributed by atoms with E-state index in [-0.39, 0.29) is 0 Å². The van der Waals surface area contributed by atoms with Crippen LogP contribution in [0, 0.1) is 27.7 Å². The monoisotopic (exact) mass is 368 g/mol. The normalized spacial score (nSPS) is 11.0. The summed E-state index contributed by atoms with van der Waals surface area (Å²) in [5, 5.41) is 5.55. The van der Waals surface area contributed by atoms with Gasteiger partial charge in [-0.15, -0.1) is 11.3 Å². The first kappa shape index (κ1) is 17.8. The molecule has 0 aliphatic rings.